The minimum absolute atomic E-state index is 0.0579. The maximum Gasteiger partial charge on any atom is 0.271 e. The van der Waals surface area contributed by atoms with Gasteiger partial charge in [0.2, 0.25) is 5.91 Å². The molecule has 7 heteroatoms. The number of nitrogens with one attached hydrogen (secondary N) is 1. The number of nitro benzene ring substituents is 1. The molecule has 0 bridgehead atoms. The number of carbonyl (C=O) groups is 1. The Balaban J connectivity index is 1.77. The molecule has 1 N–H and O–H groups in total. The van der Waals surface area contributed by atoms with E-state index in [9.17, 15) is 19.3 Å². The van der Waals surface area contributed by atoms with Gasteiger partial charge in [-0.2, -0.15) is 0 Å². The highest BCUT2D eigenvalue weighted by molar-refractivity contribution is 6.01. The van der Waals surface area contributed by atoms with Gasteiger partial charge in [0.15, 0.2) is 0 Å². The molecule has 124 valence electrons. The Hall–Kier alpha value is -2.96. The maximum atomic E-state index is 13.5. The van der Waals surface area contributed by atoms with Crippen molar-refractivity contribution in [2.24, 2.45) is 0 Å². The Morgan fingerprint density at radius 1 is 1.29 bits per heavy atom. The molecule has 1 unspecified atom stereocenters. The van der Waals surface area contributed by atoms with Gasteiger partial charge < -0.3 is 10.2 Å². The molecular weight excluding hydrogens is 313 g/mol. The van der Waals surface area contributed by atoms with E-state index in [1.54, 1.807) is 25.1 Å². The number of rotatable bonds is 4. The van der Waals surface area contributed by atoms with Crippen molar-refractivity contribution in [2.45, 2.75) is 19.4 Å². The van der Waals surface area contributed by atoms with Gasteiger partial charge in [-0.3, -0.25) is 14.9 Å². The number of amides is 1. The molecule has 3 rings (SSSR count). The van der Waals surface area contributed by atoms with Gasteiger partial charge in [0, 0.05) is 24.4 Å². The fourth-order valence-electron chi connectivity index (χ4n) is 2.87. The summed E-state index contributed by atoms with van der Waals surface area (Å²) < 4.78 is 13.5. The van der Waals surface area contributed by atoms with Crippen LogP contribution in [0.5, 0.6) is 0 Å². The number of hydrogen-bond acceptors (Lipinski definition) is 4. The van der Waals surface area contributed by atoms with E-state index >= 15 is 0 Å². The first kappa shape index (κ1) is 15.9. The van der Waals surface area contributed by atoms with Gasteiger partial charge in [0.25, 0.3) is 5.69 Å². The van der Waals surface area contributed by atoms with Crippen molar-refractivity contribution < 1.29 is 14.1 Å². The summed E-state index contributed by atoms with van der Waals surface area (Å²) in [5.74, 6) is -0.545. The number of aryl methyl sites for hydroxylation is 1. The number of hydrogen-bond donors (Lipinski definition) is 1. The van der Waals surface area contributed by atoms with Crippen molar-refractivity contribution in [3.63, 3.8) is 0 Å². The summed E-state index contributed by atoms with van der Waals surface area (Å²) in [7, 11) is 0. The standard InChI is InChI=1S/C17H16FN3O3/c1-11-7-12(18)9-13(8-11)19-16-5-6-20(17(16)22)14-3-2-4-15(10-14)21(23)24/h2-4,7-10,16,19H,5-6H2,1H3. The average Bonchev–Trinajstić information content (AvgIpc) is 2.87. The van der Waals surface area contributed by atoms with E-state index in [0.29, 0.717) is 24.3 Å². The number of halogens is 1. The van der Waals surface area contributed by atoms with Crippen LogP contribution in [0.3, 0.4) is 0 Å². The second-order valence-electron chi connectivity index (χ2n) is 5.77. The second kappa shape index (κ2) is 6.27. The molecule has 1 atom stereocenters. The molecule has 1 heterocycles. The summed E-state index contributed by atoms with van der Waals surface area (Å²) in [6.45, 7) is 2.23. The van der Waals surface area contributed by atoms with E-state index < -0.39 is 11.0 Å². The molecule has 0 saturated carbocycles. The smallest absolute Gasteiger partial charge is 0.271 e. The molecule has 24 heavy (non-hydrogen) atoms. The Morgan fingerprint density at radius 3 is 2.79 bits per heavy atom. The van der Waals surface area contributed by atoms with E-state index in [1.165, 1.54) is 29.2 Å². The zero-order valence-corrected chi connectivity index (χ0v) is 13.0. The van der Waals surface area contributed by atoms with Crippen molar-refractivity contribution in [2.75, 3.05) is 16.8 Å². The molecule has 0 radical (unpaired) electrons. The monoisotopic (exact) mass is 329 g/mol. The maximum absolute atomic E-state index is 13.5. The van der Waals surface area contributed by atoms with Crippen LogP contribution in [-0.4, -0.2) is 23.4 Å². The predicted octanol–water partition coefficient (Wildman–Crippen LogP) is 3.26. The summed E-state index contributed by atoms with van der Waals surface area (Å²) in [5.41, 5.74) is 1.75. The molecule has 0 aromatic heterocycles. The first-order valence-corrected chi connectivity index (χ1v) is 7.53. The zero-order valence-electron chi connectivity index (χ0n) is 13.0. The molecule has 0 aliphatic carbocycles. The molecule has 6 nitrogen and oxygen atoms in total. The molecular formula is C17H16FN3O3. The van der Waals surface area contributed by atoms with Gasteiger partial charge in [-0.05, 0) is 43.2 Å². The fraction of sp³-hybridized carbons (Fsp3) is 0.235. The number of anilines is 2. The largest absolute Gasteiger partial charge is 0.374 e. The second-order valence-corrected chi connectivity index (χ2v) is 5.77. The van der Waals surface area contributed by atoms with Crippen LogP contribution in [-0.2, 0) is 4.79 Å². The van der Waals surface area contributed by atoms with Gasteiger partial charge in [-0.25, -0.2) is 4.39 Å². The fourth-order valence-corrected chi connectivity index (χ4v) is 2.87. The van der Waals surface area contributed by atoms with Crippen LogP contribution in [0.15, 0.2) is 42.5 Å². The molecule has 1 fully saturated rings. The zero-order chi connectivity index (χ0) is 17.3. The van der Waals surface area contributed by atoms with E-state index in [2.05, 4.69) is 5.32 Å². The average molecular weight is 329 g/mol. The number of nitrogens with zero attached hydrogens (tertiary/aromatic N) is 2. The SMILES string of the molecule is Cc1cc(F)cc(NC2CCN(c3cccc([N+](=O)[O-])c3)C2=O)c1. The molecule has 1 aliphatic heterocycles. The lowest BCUT2D eigenvalue weighted by atomic mass is 10.2. The highest BCUT2D eigenvalue weighted by Crippen LogP contribution is 2.27. The van der Waals surface area contributed by atoms with Crippen molar-refractivity contribution >= 4 is 23.0 Å². The third kappa shape index (κ3) is 3.19. The lowest BCUT2D eigenvalue weighted by Gasteiger charge is -2.18. The molecule has 0 spiro atoms. The van der Waals surface area contributed by atoms with Crippen molar-refractivity contribution in [1.29, 1.82) is 0 Å². The van der Waals surface area contributed by atoms with Gasteiger partial charge in [-0.15, -0.1) is 0 Å². The van der Waals surface area contributed by atoms with Crippen LogP contribution in [0.25, 0.3) is 0 Å². The van der Waals surface area contributed by atoms with Gasteiger partial charge in [0.1, 0.15) is 11.9 Å². The normalized spacial score (nSPS) is 17.2. The van der Waals surface area contributed by atoms with Crippen LogP contribution in [0.1, 0.15) is 12.0 Å². The highest BCUT2D eigenvalue weighted by atomic mass is 19.1. The number of carbonyl (C=O) groups excluding carboxylic acids is 1. The topological polar surface area (TPSA) is 75.5 Å². The quantitative estimate of drug-likeness (QED) is 0.690. The lowest BCUT2D eigenvalue weighted by Crippen LogP contribution is -2.33. The lowest BCUT2D eigenvalue weighted by molar-refractivity contribution is -0.384. The Bertz CT molecular complexity index is 789. The van der Waals surface area contributed by atoms with Crippen LogP contribution in [0.2, 0.25) is 0 Å². The Morgan fingerprint density at radius 2 is 2.08 bits per heavy atom. The highest BCUT2D eigenvalue weighted by Gasteiger charge is 2.33. The number of benzene rings is 2. The summed E-state index contributed by atoms with van der Waals surface area (Å²) in [6.07, 6.45) is 0.539. The van der Waals surface area contributed by atoms with Crippen molar-refractivity contribution in [3.05, 3.63) is 64.0 Å². The molecule has 1 saturated heterocycles. The minimum atomic E-state index is -0.491. The summed E-state index contributed by atoms with van der Waals surface area (Å²) in [6, 6.07) is 10.0. The number of non-ortho nitro benzene ring substituents is 1. The molecule has 1 aliphatic rings. The van der Waals surface area contributed by atoms with Crippen LogP contribution in [0.4, 0.5) is 21.5 Å². The Labute approximate surface area is 138 Å². The third-order valence-electron chi connectivity index (χ3n) is 3.94. The van der Waals surface area contributed by atoms with Gasteiger partial charge in [-0.1, -0.05) is 6.07 Å². The summed E-state index contributed by atoms with van der Waals surface area (Å²) in [5, 5.41) is 13.9. The van der Waals surface area contributed by atoms with Crippen LogP contribution >= 0.6 is 0 Å². The van der Waals surface area contributed by atoms with Gasteiger partial charge >= 0.3 is 0 Å². The van der Waals surface area contributed by atoms with Crippen molar-refractivity contribution in [3.8, 4) is 0 Å². The van der Waals surface area contributed by atoms with Crippen LogP contribution < -0.4 is 10.2 Å². The molecule has 1 amide bonds. The third-order valence-corrected chi connectivity index (χ3v) is 3.94. The van der Waals surface area contributed by atoms with Gasteiger partial charge in [0.05, 0.1) is 10.6 Å². The van der Waals surface area contributed by atoms with E-state index in [1.807, 2.05) is 0 Å². The first-order chi connectivity index (χ1) is 11.4. The first-order valence-electron chi connectivity index (χ1n) is 7.53. The summed E-state index contributed by atoms with van der Waals surface area (Å²) >= 11 is 0. The van der Waals surface area contributed by atoms with E-state index in [0.717, 1.165) is 5.56 Å². The predicted molar refractivity (Wildman–Crippen MR) is 88.6 cm³/mol. The summed E-state index contributed by atoms with van der Waals surface area (Å²) in [4.78, 5) is 24.5. The number of nitro groups is 1. The molecule has 2 aromatic carbocycles. The van der Waals surface area contributed by atoms with E-state index in [4.69, 9.17) is 0 Å². The van der Waals surface area contributed by atoms with Crippen molar-refractivity contribution in [1.82, 2.24) is 0 Å². The van der Waals surface area contributed by atoms with Crippen LogP contribution in [0, 0.1) is 22.9 Å². The van der Waals surface area contributed by atoms with E-state index in [-0.39, 0.29) is 17.4 Å². The minimum Gasteiger partial charge on any atom is -0.374 e. The Kier molecular flexibility index (Phi) is 4.16. The molecule has 2 aromatic rings.